The number of carbonyl (C=O) groups excluding carboxylic acids is 1. The standard InChI is InChI=1S/C15H18N2O/c1-17-14-9-5-4-8-12(14)13(16-17)10-15(18)11-6-2-3-7-11/h4-5,8-9,11H,2-3,6-7,10H2,1H3. The maximum Gasteiger partial charge on any atom is 0.142 e. The van der Waals surface area contributed by atoms with Gasteiger partial charge in [-0.2, -0.15) is 5.10 Å². The molecule has 1 saturated carbocycles. The first-order chi connectivity index (χ1) is 8.75. The summed E-state index contributed by atoms with van der Waals surface area (Å²) in [5.41, 5.74) is 2.04. The van der Waals surface area contributed by atoms with E-state index in [0.717, 1.165) is 29.4 Å². The van der Waals surface area contributed by atoms with Crippen molar-refractivity contribution in [1.82, 2.24) is 9.78 Å². The number of aromatic nitrogens is 2. The second-order valence-electron chi connectivity index (χ2n) is 5.21. The molecule has 3 heteroatoms. The van der Waals surface area contributed by atoms with Gasteiger partial charge in [0.1, 0.15) is 5.78 Å². The van der Waals surface area contributed by atoms with Crippen LogP contribution in [-0.4, -0.2) is 15.6 Å². The summed E-state index contributed by atoms with van der Waals surface area (Å²) < 4.78 is 1.87. The highest BCUT2D eigenvalue weighted by molar-refractivity contribution is 5.89. The van der Waals surface area contributed by atoms with E-state index in [0.29, 0.717) is 12.2 Å². The zero-order valence-electron chi connectivity index (χ0n) is 10.7. The molecule has 1 heterocycles. The molecule has 0 saturated heterocycles. The number of carbonyl (C=O) groups is 1. The van der Waals surface area contributed by atoms with Crippen LogP contribution >= 0.6 is 0 Å². The van der Waals surface area contributed by atoms with Gasteiger partial charge in [0.05, 0.1) is 17.6 Å². The van der Waals surface area contributed by atoms with Gasteiger partial charge >= 0.3 is 0 Å². The van der Waals surface area contributed by atoms with E-state index in [1.165, 1.54) is 12.8 Å². The number of nitrogens with zero attached hydrogens (tertiary/aromatic N) is 2. The molecule has 0 bridgehead atoms. The molecule has 0 aliphatic heterocycles. The van der Waals surface area contributed by atoms with Crippen LogP contribution in [0.4, 0.5) is 0 Å². The number of Topliss-reactive ketones (excluding diaryl/α,β-unsaturated/α-hetero) is 1. The van der Waals surface area contributed by atoms with Gasteiger partial charge in [-0.3, -0.25) is 9.48 Å². The molecule has 1 aromatic heterocycles. The zero-order chi connectivity index (χ0) is 12.5. The molecular formula is C15H18N2O. The van der Waals surface area contributed by atoms with E-state index < -0.39 is 0 Å². The van der Waals surface area contributed by atoms with Crippen molar-refractivity contribution in [1.29, 1.82) is 0 Å². The Kier molecular flexibility index (Phi) is 2.90. The smallest absolute Gasteiger partial charge is 0.142 e. The van der Waals surface area contributed by atoms with Gasteiger partial charge < -0.3 is 0 Å². The number of fused-ring (bicyclic) bond motifs is 1. The minimum absolute atomic E-state index is 0.283. The first-order valence-corrected chi connectivity index (χ1v) is 6.69. The molecule has 0 radical (unpaired) electrons. The number of para-hydroxylation sites is 1. The van der Waals surface area contributed by atoms with Crippen molar-refractivity contribution >= 4 is 16.7 Å². The first kappa shape index (κ1) is 11.5. The molecule has 1 fully saturated rings. The molecule has 0 spiro atoms. The molecule has 3 rings (SSSR count). The second-order valence-corrected chi connectivity index (χ2v) is 5.21. The van der Waals surface area contributed by atoms with E-state index in [1.54, 1.807) is 0 Å². The van der Waals surface area contributed by atoms with Crippen LogP contribution in [0, 0.1) is 5.92 Å². The van der Waals surface area contributed by atoms with E-state index in [9.17, 15) is 4.79 Å². The van der Waals surface area contributed by atoms with Gasteiger partial charge in [-0.1, -0.05) is 31.0 Å². The lowest BCUT2D eigenvalue weighted by Gasteiger charge is -2.05. The lowest BCUT2D eigenvalue weighted by molar-refractivity contribution is -0.122. The topological polar surface area (TPSA) is 34.9 Å². The molecule has 2 aromatic rings. The molecular weight excluding hydrogens is 224 g/mol. The number of benzene rings is 1. The van der Waals surface area contributed by atoms with E-state index in [-0.39, 0.29) is 5.92 Å². The summed E-state index contributed by atoms with van der Waals surface area (Å²) in [5.74, 6) is 0.655. The van der Waals surface area contributed by atoms with Crippen molar-refractivity contribution in [2.75, 3.05) is 0 Å². The van der Waals surface area contributed by atoms with Crippen molar-refractivity contribution in [3.05, 3.63) is 30.0 Å². The van der Waals surface area contributed by atoms with Crippen molar-refractivity contribution in [2.24, 2.45) is 13.0 Å². The van der Waals surface area contributed by atoms with Crippen LogP contribution in [0.25, 0.3) is 10.9 Å². The number of aryl methyl sites for hydroxylation is 1. The Labute approximate surface area is 107 Å². The van der Waals surface area contributed by atoms with Crippen LogP contribution in [0.15, 0.2) is 24.3 Å². The normalized spacial score (nSPS) is 16.5. The average Bonchev–Trinajstić information content (AvgIpc) is 3.00. The number of rotatable bonds is 3. The molecule has 1 aliphatic rings. The molecule has 3 nitrogen and oxygen atoms in total. The fourth-order valence-electron chi connectivity index (χ4n) is 2.98. The Balaban J connectivity index is 1.88. The summed E-state index contributed by atoms with van der Waals surface area (Å²) in [6.45, 7) is 0. The third-order valence-corrected chi connectivity index (χ3v) is 3.99. The number of hydrogen-bond acceptors (Lipinski definition) is 2. The summed E-state index contributed by atoms with van der Waals surface area (Å²) in [7, 11) is 1.94. The highest BCUT2D eigenvalue weighted by atomic mass is 16.1. The quantitative estimate of drug-likeness (QED) is 0.829. The van der Waals surface area contributed by atoms with Crippen molar-refractivity contribution < 1.29 is 4.79 Å². The molecule has 1 aliphatic carbocycles. The second kappa shape index (κ2) is 4.56. The molecule has 0 N–H and O–H groups in total. The lowest BCUT2D eigenvalue weighted by Crippen LogP contribution is -2.14. The van der Waals surface area contributed by atoms with Gasteiger partial charge in [0.25, 0.3) is 0 Å². The van der Waals surface area contributed by atoms with E-state index in [4.69, 9.17) is 0 Å². The maximum absolute atomic E-state index is 12.2. The third kappa shape index (κ3) is 1.94. The average molecular weight is 242 g/mol. The summed E-state index contributed by atoms with van der Waals surface area (Å²) in [4.78, 5) is 12.2. The molecule has 0 amide bonds. The fraction of sp³-hybridized carbons (Fsp3) is 0.467. The van der Waals surface area contributed by atoms with E-state index >= 15 is 0 Å². The highest BCUT2D eigenvalue weighted by Gasteiger charge is 2.24. The summed E-state index contributed by atoms with van der Waals surface area (Å²) >= 11 is 0. The molecule has 0 atom stereocenters. The fourth-order valence-corrected chi connectivity index (χ4v) is 2.98. The molecule has 1 aromatic carbocycles. The Morgan fingerprint density at radius 2 is 2.06 bits per heavy atom. The molecule has 0 unspecified atom stereocenters. The highest BCUT2D eigenvalue weighted by Crippen LogP contribution is 2.27. The lowest BCUT2D eigenvalue weighted by atomic mass is 9.98. The minimum atomic E-state index is 0.283. The zero-order valence-corrected chi connectivity index (χ0v) is 10.7. The SMILES string of the molecule is Cn1nc(CC(=O)C2CCCC2)c2ccccc21. The summed E-state index contributed by atoms with van der Waals surface area (Å²) in [5, 5.41) is 5.61. The maximum atomic E-state index is 12.2. The van der Waals surface area contributed by atoms with Crippen LogP contribution in [-0.2, 0) is 18.3 Å². The molecule has 94 valence electrons. The number of ketones is 1. The van der Waals surface area contributed by atoms with Gasteiger partial charge in [0.2, 0.25) is 0 Å². The van der Waals surface area contributed by atoms with Gasteiger partial charge in [0, 0.05) is 18.4 Å². The van der Waals surface area contributed by atoms with Gasteiger partial charge in [-0.15, -0.1) is 0 Å². The van der Waals surface area contributed by atoms with Crippen LogP contribution < -0.4 is 0 Å². The summed E-state index contributed by atoms with van der Waals surface area (Å²) in [6, 6.07) is 8.12. The van der Waals surface area contributed by atoms with Crippen molar-refractivity contribution in [2.45, 2.75) is 32.1 Å². The van der Waals surface area contributed by atoms with Crippen LogP contribution in [0.5, 0.6) is 0 Å². The van der Waals surface area contributed by atoms with Crippen LogP contribution in [0.3, 0.4) is 0 Å². The van der Waals surface area contributed by atoms with Crippen LogP contribution in [0.1, 0.15) is 31.4 Å². The van der Waals surface area contributed by atoms with Crippen molar-refractivity contribution in [3.8, 4) is 0 Å². The first-order valence-electron chi connectivity index (χ1n) is 6.69. The van der Waals surface area contributed by atoms with Gasteiger partial charge in [-0.05, 0) is 18.9 Å². The van der Waals surface area contributed by atoms with E-state index in [2.05, 4.69) is 11.2 Å². The molecule has 18 heavy (non-hydrogen) atoms. The number of hydrogen-bond donors (Lipinski definition) is 0. The van der Waals surface area contributed by atoms with Crippen molar-refractivity contribution in [3.63, 3.8) is 0 Å². The largest absolute Gasteiger partial charge is 0.299 e. The van der Waals surface area contributed by atoms with Gasteiger partial charge in [0.15, 0.2) is 0 Å². The van der Waals surface area contributed by atoms with Gasteiger partial charge in [-0.25, -0.2) is 0 Å². The summed E-state index contributed by atoms with van der Waals surface area (Å²) in [6.07, 6.45) is 5.05. The third-order valence-electron chi connectivity index (χ3n) is 3.99. The minimum Gasteiger partial charge on any atom is -0.299 e. The predicted octanol–water partition coefficient (Wildman–Crippen LogP) is 2.88. The Bertz CT molecular complexity index is 579. The Morgan fingerprint density at radius 3 is 2.83 bits per heavy atom. The Hall–Kier alpha value is -1.64. The van der Waals surface area contributed by atoms with Crippen LogP contribution in [0.2, 0.25) is 0 Å². The van der Waals surface area contributed by atoms with E-state index in [1.807, 2.05) is 29.9 Å². The predicted molar refractivity (Wildman–Crippen MR) is 71.4 cm³/mol. The monoisotopic (exact) mass is 242 g/mol. The Morgan fingerprint density at radius 1 is 1.33 bits per heavy atom.